The Hall–Kier alpha value is -2.78. The highest BCUT2D eigenvalue weighted by Gasteiger charge is 2.22. The van der Waals surface area contributed by atoms with Gasteiger partial charge in [0.15, 0.2) is 0 Å². The number of carbonyl (C=O) groups excluding carboxylic acids is 1. The van der Waals surface area contributed by atoms with Gasteiger partial charge in [-0.1, -0.05) is 63.8 Å². The fourth-order valence-corrected chi connectivity index (χ4v) is 5.17. The molecule has 2 aromatic rings. The van der Waals surface area contributed by atoms with E-state index in [1.807, 2.05) is 18.3 Å². The van der Waals surface area contributed by atoms with Gasteiger partial charge in [0.05, 0.1) is 5.52 Å². The van der Waals surface area contributed by atoms with Crippen molar-refractivity contribution in [2.24, 2.45) is 5.92 Å². The lowest BCUT2D eigenvalue weighted by Gasteiger charge is -2.28. The van der Waals surface area contributed by atoms with E-state index in [4.69, 9.17) is 4.98 Å². The van der Waals surface area contributed by atoms with Crippen molar-refractivity contribution in [1.29, 1.82) is 0 Å². The van der Waals surface area contributed by atoms with Gasteiger partial charge in [-0.05, 0) is 100 Å². The third kappa shape index (κ3) is 6.91. The van der Waals surface area contributed by atoms with E-state index in [2.05, 4.69) is 90.4 Å². The molecule has 1 atom stereocenters. The molecule has 0 amide bonds. The minimum absolute atomic E-state index is 0.160. The Morgan fingerprint density at radius 1 is 1.22 bits per heavy atom. The maximum Gasteiger partial charge on any atom is 0.134 e. The average Bonchev–Trinajstić information content (AvgIpc) is 2.86. The van der Waals surface area contributed by atoms with Crippen LogP contribution in [0.15, 0.2) is 66.4 Å². The molecule has 0 aliphatic carbocycles. The Morgan fingerprint density at radius 3 is 2.47 bits per heavy atom. The Labute approximate surface area is 219 Å². The monoisotopic (exact) mass is 486 g/mol. The number of fused-ring (bicyclic) bond motifs is 1. The van der Waals surface area contributed by atoms with E-state index in [0.717, 1.165) is 42.5 Å². The highest BCUT2D eigenvalue weighted by atomic mass is 16.1. The van der Waals surface area contributed by atoms with Crippen molar-refractivity contribution in [2.45, 2.75) is 80.2 Å². The first-order valence-corrected chi connectivity index (χ1v) is 13.5. The number of nitrogens with zero attached hydrogens (tertiary/aromatic N) is 2. The van der Waals surface area contributed by atoms with Crippen LogP contribution >= 0.6 is 0 Å². The smallest absolute Gasteiger partial charge is 0.134 e. The third-order valence-corrected chi connectivity index (χ3v) is 7.25. The van der Waals surface area contributed by atoms with E-state index in [-0.39, 0.29) is 11.8 Å². The van der Waals surface area contributed by atoms with Crippen molar-refractivity contribution in [3.63, 3.8) is 0 Å². The number of Topliss-reactive ketones (excluding diaryl/α,β-unsaturated/α-hetero) is 1. The summed E-state index contributed by atoms with van der Waals surface area (Å²) in [4.78, 5) is 19.5. The normalized spacial score (nSPS) is 14.1. The molecule has 0 saturated carbocycles. The molecule has 0 radical (unpaired) electrons. The fourth-order valence-electron chi connectivity index (χ4n) is 5.17. The van der Waals surface area contributed by atoms with Gasteiger partial charge in [0, 0.05) is 29.6 Å². The maximum absolute atomic E-state index is 12.2. The molecular weight excluding hydrogens is 440 g/mol. The lowest BCUT2D eigenvalue weighted by Crippen LogP contribution is -2.24. The molecule has 0 bridgehead atoms. The van der Waals surface area contributed by atoms with E-state index in [1.165, 1.54) is 27.6 Å². The number of carbonyl (C=O) groups is 1. The number of rotatable bonds is 13. The van der Waals surface area contributed by atoms with E-state index in [1.54, 1.807) is 6.92 Å². The van der Waals surface area contributed by atoms with Crippen LogP contribution in [0.2, 0.25) is 0 Å². The lowest BCUT2D eigenvalue weighted by molar-refractivity contribution is -0.116. The second kappa shape index (κ2) is 14.1. The molecule has 0 aliphatic rings. The first-order valence-electron chi connectivity index (χ1n) is 13.5. The molecule has 2 rings (SSSR count). The SMILES string of the molecule is C=C/C(CC(C)=O)=C(/C=C(\C=C/C)c1c(C(C)N(C)CCC)cc(C)c2cccnc12)C(CC)CC. The first-order chi connectivity index (χ1) is 17.2. The molecule has 1 aromatic carbocycles. The van der Waals surface area contributed by atoms with E-state index >= 15 is 0 Å². The van der Waals surface area contributed by atoms with E-state index in [0.29, 0.717) is 12.3 Å². The lowest BCUT2D eigenvalue weighted by atomic mass is 9.83. The number of aromatic nitrogens is 1. The highest BCUT2D eigenvalue weighted by Crippen LogP contribution is 2.38. The van der Waals surface area contributed by atoms with Gasteiger partial charge in [0.2, 0.25) is 0 Å². The van der Waals surface area contributed by atoms with Gasteiger partial charge < -0.3 is 0 Å². The molecule has 3 heteroatoms. The number of hydrogen-bond acceptors (Lipinski definition) is 3. The quantitative estimate of drug-likeness (QED) is 0.265. The molecule has 1 unspecified atom stereocenters. The molecule has 0 fully saturated rings. The summed E-state index contributed by atoms with van der Waals surface area (Å²) in [5.41, 5.74) is 8.12. The summed E-state index contributed by atoms with van der Waals surface area (Å²) < 4.78 is 0. The topological polar surface area (TPSA) is 33.2 Å². The van der Waals surface area contributed by atoms with Crippen molar-refractivity contribution < 1.29 is 4.79 Å². The predicted molar refractivity (Wildman–Crippen MR) is 157 cm³/mol. The van der Waals surface area contributed by atoms with Gasteiger partial charge >= 0.3 is 0 Å². The Balaban J connectivity index is 3.01. The molecule has 3 nitrogen and oxygen atoms in total. The average molecular weight is 487 g/mol. The molecular formula is C33H46N2O. The van der Waals surface area contributed by atoms with Crippen LogP contribution in [0.3, 0.4) is 0 Å². The zero-order chi connectivity index (χ0) is 26.8. The summed E-state index contributed by atoms with van der Waals surface area (Å²) in [6.07, 6.45) is 13.9. The minimum atomic E-state index is 0.160. The summed E-state index contributed by atoms with van der Waals surface area (Å²) in [5, 5.41) is 1.18. The van der Waals surface area contributed by atoms with Crippen molar-refractivity contribution in [2.75, 3.05) is 13.6 Å². The van der Waals surface area contributed by atoms with Crippen LogP contribution in [0, 0.1) is 12.8 Å². The molecule has 0 spiro atoms. The minimum Gasteiger partial charge on any atom is -0.300 e. The van der Waals surface area contributed by atoms with E-state index in [9.17, 15) is 4.79 Å². The second-order valence-corrected chi connectivity index (χ2v) is 9.89. The van der Waals surface area contributed by atoms with Crippen LogP contribution in [0.5, 0.6) is 0 Å². The van der Waals surface area contributed by atoms with Gasteiger partial charge in [0.25, 0.3) is 0 Å². The summed E-state index contributed by atoms with van der Waals surface area (Å²) in [7, 11) is 2.20. The molecule has 36 heavy (non-hydrogen) atoms. The van der Waals surface area contributed by atoms with Gasteiger partial charge in [0.1, 0.15) is 5.78 Å². The summed E-state index contributed by atoms with van der Waals surface area (Å²) in [5.74, 6) is 0.512. The Morgan fingerprint density at radius 2 is 1.92 bits per heavy atom. The number of allylic oxidation sites excluding steroid dienone is 7. The van der Waals surface area contributed by atoms with Crippen LogP contribution in [0.1, 0.15) is 90.0 Å². The number of ketones is 1. The van der Waals surface area contributed by atoms with Gasteiger partial charge in [-0.2, -0.15) is 0 Å². The van der Waals surface area contributed by atoms with Crippen LogP contribution in [0.25, 0.3) is 16.5 Å². The van der Waals surface area contributed by atoms with Crippen LogP contribution in [-0.2, 0) is 4.79 Å². The van der Waals surface area contributed by atoms with Crippen molar-refractivity contribution in [3.05, 3.63) is 83.1 Å². The number of aryl methyl sites for hydroxylation is 1. The number of benzene rings is 1. The molecule has 0 N–H and O–H groups in total. The van der Waals surface area contributed by atoms with Crippen molar-refractivity contribution in [1.82, 2.24) is 9.88 Å². The van der Waals surface area contributed by atoms with Crippen molar-refractivity contribution >= 4 is 22.3 Å². The van der Waals surface area contributed by atoms with Gasteiger partial charge in [-0.25, -0.2) is 0 Å². The zero-order valence-corrected chi connectivity index (χ0v) is 23.8. The highest BCUT2D eigenvalue weighted by molar-refractivity contribution is 5.97. The number of hydrogen-bond donors (Lipinski definition) is 0. The van der Waals surface area contributed by atoms with E-state index < -0.39 is 0 Å². The van der Waals surface area contributed by atoms with Crippen LogP contribution in [0.4, 0.5) is 0 Å². The predicted octanol–water partition coefficient (Wildman–Crippen LogP) is 8.80. The van der Waals surface area contributed by atoms with Crippen LogP contribution < -0.4 is 0 Å². The zero-order valence-electron chi connectivity index (χ0n) is 23.8. The van der Waals surface area contributed by atoms with Gasteiger partial charge in [-0.15, -0.1) is 0 Å². The largest absolute Gasteiger partial charge is 0.300 e. The molecule has 1 heterocycles. The summed E-state index contributed by atoms with van der Waals surface area (Å²) in [6, 6.07) is 6.76. The standard InChI is InChI=1S/C33H46N2O/c1-10-16-28(22-31(26(12-3)13-4)27(14-5)21-24(7)36)32-30(25(8)35(9)19-11-2)20-23(6)29-17-15-18-34-33(29)32/h10,14-18,20,22,25-26H,5,11-13,19,21H2,1-4,6-9H3/b16-10-,28-22+,31-27+. The Bertz CT molecular complexity index is 1150. The van der Waals surface area contributed by atoms with Crippen molar-refractivity contribution in [3.8, 4) is 0 Å². The van der Waals surface area contributed by atoms with Crippen LogP contribution in [-0.4, -0.2) is 29.3 Å². The number of pyridine rings is 1. The maximum atomic E-state index is 12.2. The Kier molecular flexibility index (Phi) is 11.5. The first kappa shape index (κ1) is 29.5. The fraction of sp³-hybridized carbons (Fsp3) is 0.455. The molecule has 0 saturated heterocycles. The van der Waals surface area contributed by atoms with Gasteiger partial charge in [-0.3, -0.25) is 14.7 Å². The molecule has 1 aromatic heterocycles. The molecule has 0 aliphatic heterocycles. The summed E-state index contributed by atoms with van der Waals surface area (Å²) in [6.45, 7) is 20.0. The summed E-state index contributed by atoms with van der Waals surface area (Å²) >= 11 is 0. The molecule has 194 valence electrons. The second-order valence-electron chi connectivity index (χ2n) is 9.89. The third-order valence-electron chi connectivity index (χ3n) is 7.25.